The standard InChI is InChI=1S/C20H24N2O2/c1-22-13-11-16(12-14-22)15-21-20(23)18-9-5-6-10-19(18)24-17-7-3-2-4-8-17/h2-10,16H,11-15H2,1H3,(H,21,23). The van der Waals surface area contributed by atoms with Crippen LogP contribution in [0, 0.1) is 5.92 Å². The van der Waals surface area contributed by atoms with Crippen molar-refractivity contribution < 1.29 is 9.53 Å². The van der Waals surface area contributed by atoms with E-state index in [0.29, 0.717) is 17.2 Å². The van der Waals surface area contributed by atoms with Crippen LogP contribution in [-0.2, 0) is 0 Å². The van der Waals surface area contributed by atoms with Crippen LogP contribution in [0.25, 0.3) is 0 Å². The summed E-state index contributed by atoms with van der Waals surface area (Å²) in [4.78, 5) is 14.9. The number of carbonyl (C=O) groups is 1. The molecule has 0 aromatic heterocycles. The number of hydrogen-bond acceptors (Lipinski definition) is 3. The fraction of sp³-hybridized carbons (Fsp3) is 0.350. The number of amides is 1. The number of ether oxygens (including phenoxy) is 1. The van der Waals surface area contributed by atoms with Crippen LogP contribution in [0.4, 0.5) is 0 Å². The number of para-hydroxylation sites is 2. The average Bonchev–Trinajstić information content (AvgIpc) is 2.62. The third-order valence-electron chi connectivity index (χ3n) is 4.49. The second kappa shape index (κ2) is 7.97. The van der Waals surface area contributed by atoms with Gasteiger partial charge in [-0.25, -0.2) is 0 Å². The number of hydrogen-bond donors (Lipinski definition) is 1. The molecule has 1 saturated heterocycles. The molecule has 24 heavy (non-hydrogen) atoms. The summed E-state index contributed by atoms with van der Waals surface area (Å²) >= 11 is 0. The summed E-state index contributed by atoms with van der Waals surface area (Å²) in [6, 6.07) is 16.9. The van der Waals surface area contributed by atoms with Gasteiger partial charge in [-0.3, -0.25) is 4.79 Å². The summed E-state index contributed by atoms with van der Waals surface area (Å²) in [7, 11) is 2.14. The number of likely N-dealkylation sites (tertiary alicyclic amines) is 1. The fourth-order valence-corrected chi connectivity index (χ4v) is 2.96. The van der Waals surface area contributed by atoms with Gasteiger partial charge in [-0.15, -0.1) is 0 Å². The molecule has 1 aliphatic rings. The molecule has 0 atom stereocenters. The minimum absolute atomic E-state index is 0.0690. The molecule has 1 aliphatic heterocycles. The highest BCUT2D eigenvalue weighted by molar-refractivity contribution is 5.97. The summed E-state index contributed by atoms with van der Waals surface area (Å²) in [5, 5.41) is 3.07. The van der Waals surface area contributed by atoms with E-state index in [1.807, 2.05) is 54.6 Å². The van der Waals surface area contributed by atoms with Crippen LogP contribution in [0.15, 0.2) is 54.6 Å². The number of nitrogens with zero attached hydrogens (tertiary/aromatic N) is 1. The van der Waals surface area contributed by atoms with Crippen molar-refractivity contribution in [3.63, 3.8) is 0 Å². The second-order valence-corrected chi connectivity index (χ2v) is 6.37. The SMILES string of the molecule is CN1CCC(CNC(=O)c2ccccc2Oc2ccccc2)CC1. The predicted molar refractivity (Wildman–Crippen MR) is 95.5 cm³/mol. The third-order valence-corrected chi connectivity index (χ3v) is 4.49. The Morgan fingerprint density at radius 3 is 2.50 bits per heavy atom. The van der Waals surface area contributed by atoms with Gasteiger partial charge in [0.2, 0.25) is 0 Å². The molecular weight excluding hydrogens is 300 g/mol. The van der Waals surface area contributed by atoms with E-state index < -0.39 is 0 Å². The van der Waals surface area contributed by atoms with Crippen LogP contribution < -0.4 is 10.1 Å². The van der Waals surface area contributed by atoms with E-state index in [9.17, 15) is 4.79 Å². The molecule has 0 unspecified atom stereocenters. The topological polar surface area (TPSA) is 41.6 Å². The van der Waals surface area contributed by atoms with Crippen molar-refractivity contribution in [1.29, 1.82) is 0 Å². The van der Waals surface area contributed by atoms with Crippen molar-refractivity contribution in [1.82, 2.24) is 10.2 Å². The van der Waals surface area contributed by atoms with Crippen LogP contribution >= 0.6 is 0 Å². The van der Waals surface area contributed by atoms with Crippen molar-refractivity contribution in [3.05, 3.63) is 60.2 Å². The molecule has 0 bridgehead atoms. The summed E-state index contributed by atoms with van der Waals surface area (Å²) < 4.78 is 5.87. The van der Waals surface area contributed by atoms with Gasteiger partial charge in [-0.2, -0.15) is 0 Å². The van der Waals surface area contributed by atoms with E-state index >= 15 is 0 Å². The molecule has 4 heteroatoms. The first-order valence-electron chi connectivity index (χ1n) is 8.51. The van der Waals surface area contributed by atoms with Gasteiger partial charge in [0.05, 0.1) is 5.56 Å². The largest absolute Gasteiger partial charge is 0.457 e. The molecular formula is C20H24N2O2. The van der Waals surface area contributed by atoms with Gasteiger partial charge in [0, 0.05) is 6.54 Å². The van der Waals surface area contributed by atoms with Crippen molar-refractivity contribution in [3.8, 4) is 11.5 Å². The molecule has 1 fully saturated rings. The van der Waals surface area contributed by atoms with E-state index in [0.717, 1.165) is 38.2 Å². The van der Waals surface area contributed by atoms with Crippen LogP contribution in [0.2, 0.25) is 0 Å². The van der Waals surface area contributed by atoms with Gasteiger partial charge >= 0.3 is 0 Å². The summed E-state index contributed by atoms with van der Waals surface area (Å²) in [6.45, 7) is 2.94. The second-order valence-electron chi connectivity index (χ2n) is 6.37. The Labute approximate surface area is 143 Å². The zero-order chi connectivity index (χ0) is 16.8. The Bertz CT molecular complexity index is 664. The quantitative estimate of drug-likeness (QED) is 0.914. The lowest BCUT2D eigenvalue weighted by Crippen LogP contribution is -2.36. The first kappa shape index (κ1) is 16.5. The van der Waals surface area contributed by atoms with Gasteiger partial charge in [-0.05, 0) is 63.2 Å². The van der Waals surface area contributed by atoms with E-state index in [4.69, 9.17) is 4.74 Å². The van der Waals surface area contributed by atoms with Crippen molar-refractivity contribution in [2.45, 2.75) is 12.8 Å². The molecule has 0 aliphatic carbocycles. The zero-order valence-electron chi connectivity index (χ0n) is 14.1. The number of piperidine rings is 1. The minimum Gasteiger partial charge on any atom is -0.457 e. The number of carbonyl (C=O) groups excluding carboxylic acids is 1. The van der Waals surface area contributed by atoms with E-state index in [1.54, 1.807) is 0 Å². The number of rotatable bonds is 5. The van der Waals surface area contributed by atoms with E-state index in [1.165, 1.54) is 0 Å². The highest BCUT2D eigenvalue weighted by Gasteiger charge is 2.19. The van der Waals surface area contributed by atoms with Gasteiger partial charge in [0.15, 0.2) is 0 Å². The van der Waals surface area contributed by atoms with Crippen LogP contribution in [0.5, 0.6) is 11.5 Å². The summed E-state index contributed by atoms with van der Waals surface area (Å²) in [5.74, 6) is 1.81. The van der Waals surface area contributed by atoms with Crippen molar-refractivity contribution in [2.24, 2.45) is 5.92 Å². The molecule has 2 aromatic carbocycles. The lowest BCUT2D eigenvalue weighted by molar-refractivity contribution is 0.0936. The molecule has 4 nitrogen and oxygen atoms in total. The smallest absolute Gasteiger partial charge is 0.255 e. The lowest BCUT2D eigenvalue weighted by atomic mass is 9.97. The van der Waals surface area contributed by atoms with Gasteiger partial charge in [-0.1, -0.05) is 30.3 Å². The minimum atomic E-state index is -0.0690. The summed E-state index contributed by atoms with van der Waals surface area (Å²) in [6.07, 6.45) is 2.28. The van der Waals surface area contributed by atoms with E-state index in [2.05, 4.69) is 17.3 Å². The van der Waals surface area contributed by atoms with Gasteiger partial charge in [0.1, 0.15) is 11.5 Å². The zero-order valence-corrected chi connectivity index (χ0v) is 14.1. The molecule has 0 spiro atoms. The molecule has 0 radical (unpaired) electrons. The first-order valence-corrected chi connectivity index (χ1v) is 8.51. The van der Waals surface area contributed by atoms with Crippen molar-refractivity contribution in [2.75, 3.05) is 26.7 Å². The molecule has 0 saturated carbocycles. The highest BCUT2D eigenvalue weighted by Crippen LogP contribution is 2.25. The van der Waals surface area contributed by atoms with Crippen LogP contribution in [-0.4, -0.2) is 37.5 Å². The van der Waals surface area contributed by atoms with Gasteiger partial charge < -0.3 is 15.0 Å². The average molecular weight is 324 g/mol. The maximum absolute atomic E-state index is 12.6. The van der Waals surface area contributed by atoms with Crippen LogP contribution in [0.3, 0.4) is 0 Å². The Hall–Kier alpha value is -2.33. The molecule has 3 rings (SSSR count). The first-order chi connectivity index (χ1) is 11.7. The Morgan fingerprint density at radius 2 is 1.75 bits per heavy atom. The highest BCUT2D eigenvalue weighted by atomic mass is 16.5. The Morgan fingerprint density at radius 1 is 1.08 bits per heavy atom. The van der Waals surface area contributed by atoms with Gasteiger partial charge in [0.25, 0.3) is 5.91 Å². The Kier molecular flexibility index (Phi) is 5.49. The van der Waals surface area contributed by atoms with Crippen molar-refractivity contribution >= 4 is 5.91 Å². The lowest BCUT2D eigenvalue weighted by Gasteiger charge is -2.29. The molecule has 1 heterocycles. The summed E-state index contributed by atoms with van der Waals surface area (Å²) in [5.41, 5.74) is 0.578. The van der Waals surface area contributed by atoms with Crippen LogP contribution in [0.1, 0.15) is 23.2 Å². The third kappa shape index (κ3) is 4.36. The molecule has 1 N–H and O–H groups in total. The predicted octanol–water partition coefficient (Wildman–Crippen LogP) is 3.55. The van der Waals surface area contributed by atoms with E-state index in [-0.39, 0.29) is 5.91 Å². The molecule has 126 valence electrons. The normalized spacial score (nSPS) is 15.9. The fourth-order valence-electron chi connectivity index (χ4n) is 2.96. The Balaban J connectivity index is 1.62. The number of nitrogens with one attached hydrogen (secondary N) is 1. The number of benzene rings is 2. The molecule has 2 aromatic rings. The maximum atomic E-state index is 12.6. The maximum Gasteiger partial charge on any atom is 0.255 e. The molecule has 1 amide bonds. The monoisotopic (exact) mass is 324 g/mol.